The number of hydrogen-bond donors (Lipinski definition) is 2. The molecule has 0 aromatic heterocycles. The average Bonchev–Trinajstić information content (AvgIpc) is 2.20. The number of thioether (sulfide) groups is 1. The SMILES string of the molecule is C#CCSCCNc1ccccc1N. The van der Waals surface area contributed by atoms with Crippen LogP contribution in [0, 0.1) is 12.3 Å². The van der Waals surface area contributed by atoms with Crippen LogP contribution in [0.1, 0.15) is 0 Å². The fourth-order valence-electron chi connectivity index (χ4n) is 1.05. The quantitative estimate of drug-likeness (QED) is 0.440. The van der Waals surface area contributed by atoms with Crippen molar-refractivity contribution in [3.8, 4) is 12.3 Å². The third-order valence-corrected chi connectivity index (χ3v) is 2.57. The van der Waals surface area contributed by atoms with E-state index in [4.69, 9.17) is 12.2 Å². The van der Waals surface area contributed by atoms with E-state index in [9.17, 15) is 0 Å². The van der Waals surface area contributed by atoms with Gasteiger partial charge in [0.2, 0.25) is 0 Å². The first-order valence-corrected chi connectivity index (χ1v) is 5.59. The number of nitrogens with two attached hydrogens (primary N) is 1. The van der Waals surface area contributed by atoms with Crippen LogP contribution >= 0.6 is 11.8 Å². The zero-order valence-electron chi connectivity index (χ0n) is 7.99. The Balaban J connectivity index is 2.25. The Hall–Kier alpha value is -1.27. The number of nitrogen functional groups attached to an aromatic ring is 1. The van der Waals surface area contributed by atoms with Crippen LogP contribution < -0.4 is 11.1 Å². The van der Waals surface area contributed by atoms with Crippen molar-refractivity contribution in [2.24, 2.45) is 0 Å². The van der Waals surface area contributed by atoms with Gasteiger partial charge in [-0.25, -0.2) is 0 Å². The molecule has 0 radical (unpaired) electrons. The van der Waals surface area contributed by atoms with Crippen molar-refractivity contribution >= 4 is 23.1 Å². The maximum Gasteiger partial charge on any atom is 0.0574 e. The fraction of sp³-hybridized carbons (Fsp3) is 0.273. The summed E-state index contributed by atoms with van der Waals surface area (Å²) in [6.45, 7) is 0.889. The van der Waals surface area contributed by atoms with E-state index in [2.05, 4.69) is 11.2 Å². The second-order valence-electron chi connectivity index (χ2n) is 2.77. The van der Waals surface area contributed by atoms with Crippen LogP contribution in [0.5, 0.6) is 0 Å². The lowest BCUT2D eigenvalue weighted by Gasteiger charge is -2.07. The highest BCUT2D eigenvalue weighted by atomic mass is 32.2. The number of rotatable bonds is 5. The molecule has 3 N–H and O–H groups in total. The highest BCUT2D eigenvalue weighted by molar-refractivity contribution is 7.99. The Kier molecular flexibility index (Phi) is 4.81. The Morgan fingerprint density at radius 2 is 2.21 bits per heavy atom. The molecular formula is C11H14N2S. The van der Waals surface area contributed by atoms with Gasteiger partial charge in [0.05, 0.1) is 17.1 Å². The third kappa shape index (κ3) is 3.63. The molecule has 0 aliphatic heterocycles. The zero-order valence-corrected chi connectivity index (χ0v) is 8.81. The van der Waals surface area contributed by atoms with Gasteiger partial charge in [-0.2, -0.15) is 0 Å². The molecule has 0 amide bonds. The first-order chi connectivity index (χ1) is 6.84. The summed E-state index contributed by atoms with van der Waals surface area (Å²) in [5, 5.41) is 3.26. The molecule has 1 aromatic rings. The van der Waals surface area contributed by atoms with Gasteiger partial charge in [0.15, 0.2) is 0 Å². The molecule has 0 aliphatic carbocycles. The van der Waals surface area contributed by atoms with Crippen LogP contribution in [0.3, 0.4) is 0 Å². The molecule has 14 heavy (non-hydrogen) atoms. The smallest absolute Gasteiger partial charge is 0.0574 e. The summed E-state index contributed by atoms with van der Waals surface area (Å²) in [6, 6.07) is 7.75. The van der Waals surface area contributed by atoms with Crippen LogP contribution in [0.15, 0.2) is 24.3 Å². The number of para-hydroxylation sites is 2. The highest BCUT2D eigenvalue weighted by Crippen LogP contribution is 2.16. The maximum absolute atomic E-state index is 5.76. The summed E-state index contributed by atoms with van der Waals surface area (Å²) in [5.41, 5.74) is 7.54. The number of hydrogen-bond acceptors (Lipinski definition) is 3. The predicted octanol–water partition coefficient (Wildman–Crippen LogP) is 2.05. The van der Waals surface area contributed by atoms with Gasteiger partial charge >= 0.3 is 0 Å². The lowest BCUT2D eigenvalue weighted by molar-refractivity contribution is 1.23. The molecule has 0 unspecified atom stereocenters. The molecule has 0 saturated heterocycles. The molecule has 1 aromatic carbocycles. The molecule has 3 heteroatoms. The van der Waals surface area contributed by atoms with Gasteiger partial charge in [-0.05, 0) is 12.1 Å². The zero-order chi connectivity index (χ0) is 10.2. The summed E-state index contributed by atoms with van der Waals surface area (Å²) in [4.78, 5) is 0. The van der Waals surface area contributed by atoms with Crippen molar-refractivity contribution in [1.82, 2.24) is 0 Å². The summed E-state index contributed by atoms with van der Waals surface area (Å²) < 4.78 is 0. The van der Waals surface area contributed by atoms with Crippen LogP contribution in [0.25, 0.3) is 0 Å². The Morgan fingerprint density at radius 3 is 2.93 bits per heavy atom. The van der Waals surface area contributed by atoms with Gasteiger partial charge < -0.3 is 11.1 Å². The summed E-state index contributed by atoms with van der Waals surface area (Å²) in [6.07, 6.45) is 5.13. The fourth-order valence-corrected chi connectivity index (χ4v) is 1.56. The van der Waals surface area contributed by atoms with Gasteiger partial charge in [-0.1, -0.05) is 18.1 Å². The van der Waals surface area contributed by atoms with Crippen molar-refractivity contribution in [3.05, 3.63) is 24.3 Å². The van der Waals surface area contributed by atoms with E-state index >= 15 is 0 Å². The molecule has 0 aliphatic rings. The normalized spacial score (nSPS) is 9.36. The molecule has 0 saturated carbocycles. The monoisotopic (exact) mass is 206 g/mol. The van der Waals surface area contributed by atoms with Crippen molar-refractivity contribution in [2.45, 2.75) is 0 Å². The summed E-state index contributed by atoms with van der Waals surface area (Å²) in [7, 11) is 0. The predicted molar refractivity (Wildman–Crippen MR) is 65.5 cm³/mol. The van der Waals surface area contributed by atoms with E-state index in [1.165, 1.54) is 0 Å². The summed E-state index contributed by atoms with van der Waals surface area (Å²) >= 11 is 1.74. The second kappa shape index (κ2) is 6.22. The lowest BCUT2D eigenvalue weighted by Crippen LogP contribution is -2.06. The molecule has 0 fully saturated rings. The van der Waals surface area contributed by atoms with Gasteiger partial charge in [-0.15, -0.1) is 18.2 Å². The standard InChI is InChI=1S/C11H14N2S/c1-2-8-14-9-7-13-11-6-4-3-5-10(11)12/h1,3-6,13H,7-9,12H2. The highest BCUT2D eigenvalue weighted by Gasteiger charge is 1.94. The maximum atomic E-state index is 5.76. The first-order valence-electron chi connectivity index (χ1n) is 4.44. The van der Waals surface area contributed by atoms with Crippen molar-refractivity contribution < 1.29 is 0 Å². The van der Waals surface area contributed by atoms with Crippen LogP contribution in [0.2, 0.25) is 0 Å². The van der Waals surface area contributed by atoms with Crippen molar-refractivity contribution in [2.75, 3.05) is 29.1 Å². The number of terminal acetylenes is 1. The summed E-state index contributed by atoms with van der Waals surface area (Å²) in [5.74, 6) is 4.36. The van der Waals surface area contributed by atoms with Crippen LogP contribution in [-0.4, -0.2) is 18.1 Å². The van der Waals surface area contributed by atoms with Crippen LogP contribution in [0.4, 0.5) is 11.4 Å². The van der Waals surface area contributed by atoms with Gasteiger partial charge in [0.1, 0.15) is 0 Å². The second-order valence-corrected chi connectivity index (χ2v) is 3.88. The molecule has 0 heterocycles. The third-order valence-electron chi connectivity index (χ3n) is 1.71. The Labute approximate surface area is 89.3 Å². The number of anilines is 2. The molecule has 2 nitrogen and oxygen atoms in total. The average molecular weight is 206 g/mol. The Bertz CT molecular complexity index is 317. The number of nitrogens with one attached hydrogen (secondary N) is 1. The van der Waals surface area contributed by atoms with E-state index in [0.29, 0.717) is 0 Å². The lowest BCUT2D eigenvalue weighted by atomic mass is 10.3. The first kappa shape index (κ1) is 10.8. The van der Waals surface area contributed by atoms with E-state index in [0.717, 1.165) is 29.4 Å². The topological polar surface area (TPSA) is 38.0 Å². The van der Waals surface area contributed by atoms with E-state index in [-0.39, 0.29) is 0 Å². The van der Waals surface area contributed by atoms with Gasteiger partial charge in [0.25, 0.3) is 0 Å². The van der Waals surface area contributed by atoms with E-state index in [1.807, 2.05) is 24.3 Å². The minimum absolute atomic E-state index is 0.770. The number of benzene rings is 1. The molecular weight excluding hydrogens is 192 g/mol. The van der Waals surface area contributed by atoms with Crippen molar-refractivity contribution in [3.63, 3.8) is 0 Å². The molecule has 74 valence electrons. The van der Waals surface area contributed by atoms with Gasteiger partial charge in [-0.3, -0.25) is 0 Å². The van der Waals surface area contributed by atoms with E-state index in [1.54, 1.807) is 11.8 Å². The molecule has 0 atom stereocenters. The minimum atomic E-state index is 0.770. The molecule has 1 rings (SSSR count). The molecule has 0 bridgehead atoms. The van der Waals surface area contributed by atoms with Crippen LogP contribution in [-0.2, 0) is 0 Å². The molecule has 0 spiro atoms. The van der Waals surface area contributed by atoms with E-state index < -0.39 is 0 Å². The van der Waals surface area contributed by atoms with Crippen molar-refractivity contribution in [1.29, 1.82) is 0 Å². The largest absolute Gasteiger partial charge is 0.397 e. The Morgan fingerprint density at radius 1 is 1.43 bits per heavy atom. The van der Waals surface area contributed by atoms with Gasteiger partial charge in [0, 0.05) is 12.3 Å². The minimum Gasteiger partial charge on any atom is -0.397 e.